The van der Waals surface area contributed by atoms with Gasteiger partial charge in [-0.1, -0.05) is 54.6 Å². The van der Waals surface area contributed by atoms with Crippen molar-refractivity contribution in [2.45, 2.75) is 62.1 Å². The highest BCUT2D eigenvalue weighted by molar-refractivity contribution is 5.79. The number of carbonyl (C=O) groups excluding carboxylic acids is 1. The maximum Gasteiger partial charge on any atom is 0.410 e. The fraction of sp³-hybridized carbons (Fsp3) is 0.379. The van der Waals surface area contributed by atoms with E-state index >= 15 is 0 Å². The first-order valence-corrected chi connectivity index (χ1v) is 12.4. The fourth-order valence-corrected chi connectivity index (χ4v) is 6.48. The quantitative estimate of drug-likeness (QED) is 0.579. The highest BCUT2D eigenvalue weighted by Gasteiger charge is 2.48. The zero-order valence-corrected chi connectivity index (χ0v) is 19.3. The first-order valence-electron chi connectivity index (χ1n) is 12.4. The van der Waals surface area contributed by atoms with E-state index in [0.29, 0.717) is 25.9 Å². The van der Waals surface area contributed by atoms with Crippen molar-refractivity contribution < 1.29 is 14.6 Å². The monoisotopic (exact) mass is 454 g/mol. The Morgan fingerprint density at radius 3 is 2.18 bits per heavy atom. The zero-order chi connectivity index (χ0) is 23.1. The lowest BCUT2D eigenvalue weighted by atomic mass is 9.74. The third-order valence-electron chi connectivity index (χ3n) is 7.88. The molecule has 2 atom stereocenters. The van der Waals surface area contributed by atoms with Gasteiger partial charge in [0.1, 0.15) is 6.61 Å². The van der Waals surface area contributed by atoms with E-state index in [2.05, 4.69) is 53.5 Å². The summed E-state index contributed by atoms with van der Waals surface area (Å²) in [5, 5.41) is 11.4. The molecule has 1 aromatic heterocycles. The van der Waals surface area contributed by atoms with E-state index in [9.17, 15) is 9.90 Å². The minimum atomic E-state index is -0.829. The molecule has 3 aliphatic rings. The van der Waals surface area contributed by atoms with Crippen LogP contribution >= 0.6 is 0 Å². The van der Waals surface area contributed by atoms with Gasteiger partial charge in [-0.3, -0.25) is 4.98 Å². The number of carbonyl (C=O) groups is 1. The van der Waals surface area contributed by atoms with E-state index in [1.54, 1.807) is 6.20 Å². The molecule has 2 aromatic carbocycles. The number of aromatic nitrogens is 1. The van der Waals surface area contributed by atoms with Crippen LogP contribution in [0.15, 0.2) is 72.9 Å². The van der Waals surface area contributed by atoms with Crippen LogP contribution in [0.25, 0.3) is 11.1 Å². The van der Waals surface area contributed by atoms with Crippen LogP contribution in [0, 0.1) is 0 Å². The van der Waals surface area contributed by atoms with Gasteiger partial charge in [0.05, 0.1) is 5.60 Å². The number of nitrogens with zero attached hydrogens (tertiary/aromatic N) is 2. The zero-order valence-electron chi connectivity index (χ0n) is 19.3. The molecular weight excluding hydrogens is 424 g/mol. The smallest absolute Gasteiger partial charge is 0.410 e. The van der Waals surface area contributed by atoms with Gasteiger partial charge in [0.25, 0.3) is 0 Å². The van der Waals surface area contributed by atoms with Crippen molar-refractivity contribution in [1.82, 2.24) is 9.88 Å². The van der Waals surface area contributed by atoms with E-state index in [-0.39, 0.29) is 24.1 Å². The number of fused-ring (bicyclic) bond motifs is 5. The molecule has 2 unspecified atom stereocenters. The Morgan fingerprint density at radius 2 is 1.56 bits per heavy atom. The van der Waals surface area contributed by atoms with Crippen molar-refractivity contribution in [3.63, 3.8) is 0 Å². The van der Waals surface area contributed by atoms with Crippen LogP contribution < -0.4 is 0 Å². The third-order valence-corrected chi connectivity index (χ3v) is 7.88. The molecule has 3 heterocycles. The molecule has 2 fully saturated rings. The number of amides is 1. The lowest BCUT2D eigenvalue weighted by molar-refractivity contribution is -0.0844. The minimum Gasteiger partial charge on any atom is -0.448 e. The lowest BCUT2D eigenvalue weighted by Crippen LogP contribution is -2.60. The fourth-order valence-electron chi connectivity index (χ4n) is 6.48. The Hall–Kier alpha value is -3.18. The number of aliphatic hydroxyl groups is 1. The maximum absolute atomic E-state index is 13.4. The first kappa shape index (κ1) is 21.4. The van der Waals surface area contributed by atoms with Crippen molar-refractivity contribution in [3.8, 4) is 11.1 Å². The number of piperidine rings is 2. The topological polar surface area (TPSA) is 62.7 Å². The van der Waals surface area contributed by atoms with E-state index in [1.165, 1.54) is 22.3 Å². The Balaban J connectivity index is 1.17. The molecule has 5 heteroatoms. The molecule has 174 valence electrons. The Morgan fingerprint density at radius 1 is 0.941 bits per heavy atom. The van der Waals surface area contributed by atoms with Gasteiger partial charge in [-0.15, -0.1) is 0 Å². The molecule has 6 rings (SSSR count). The predicted molar refractivity (Wildman–Crippen MR) is 130 cm³/mol. The molecular formula is C29H30N2O3. The van der Waals surface area contributed by atoms with Gasteiger partial charge in [-0.2, -0.15) is 0 Å². The average Bonchev–Trinajstić information content (AvgIpc) is 3.16. The van der Waals surface area contributed by atoms with Gasteiger partial charge in [-0.25, -0.2) is 4.79 Å². The Labute approximate surface area is 200 Å². The van der Waals surface area contributed by atoms with Crippen LogP contribution in [0.5, 0.6) is 0 Å². The van der Waals surface area contributed by atoms with Gasteiger partial charge < -0.3 is 14.7 Å². The molecule has 1 N–H and O–H groups in total. The van der Waals surface area contributed by atoms with Crippen molar-refractivity contribution in [1.29, 1.82) is 0 Å². The van der Waals surface area contributed by atoms with Crippen molar-refractivity contribution in [3.05, 3.63) is 89.7 Å². The third kappa shape index (κ3) is 3.78. The second-order valence-corrected chi connectivity index (χ2v) is 10.1. The van der Waals surface area contributed by atoms with Crippen LogP contribution in [0.2, 0.25) is 0 Å². The van der Waals surface area contributed by atoms with Crippen LogP contribution in [-0.4, -0.2) is 45.4 Å². The van der Waals surface area contributed by atoms with Crippen molar-refractivity contribution in [2.75, 3.05) is 6.61 Å². The summed E-state index contributed by atoms with van der Waals surface area (Å²) in [4.78, 5) is 19.7. The van der Waals surface area contributed by atoms with Crippen LogP contribution in [0.1, 0.15) is 54.8 Å². The highest BCUT2D eigenvalue weighted by Crippen LogP contribution is 2.45. The summed E-state index contributed by atoms with van der Waals surface area (Å²) in [6, 6.07) is 22.6. The molecule has 0 radical (unpaired) electrons. The summed E-state index contributed by atoms with van der Waals surface area (Å²) in [6.07, 6.45) is 6.11. The summed E-state index contributed by atoms with van der Waals surface area (Å²) in [7, 11) is 0. The summed E-state index contributed by atoms with van der Waals surface area (Å²) in [5.74, 6) is 0.0575. The molecule has 34 heavy (non-hydrogen) atoms. The van der Waals surface area contributed by atoms with E-state index in [4.69, 9.17) is 4.74 Å². The van der Waals surface area contributed by atoms with Gasteiger partial charge in [-0.05, 0) is 66.5 Å². The lowest BCUT2D eigenvalue weighted by Gasteiger charge is -2.51. The Bertz CT molecular complexity index is 1140. The van der Waals surface area contributed by atoms with Crippen LogP contribution in [0.4, 0.5) is 4.79 Å². The molecule has 2 aliphatic heterocycles. The van der Waals surface area contributed by atoms with Crippen molar-refractivity contribution >= 4 is 6.09 Å². The van der Waals surface area contributed by atoms with E-state index in [0.717, 1.165) is 25.0 Å². The molecule has 2 bridgehead atoms. The standard InChI is InChI=1S/C29H30N2O3/c32-28(34-19-27-25-13-3-1-11-23(25)24-12-2-4-14-26(24)27)31-21-9-7-10-22(31)18-29(33,17-21)16-20-8-5-6-15-30-20/h1-6,8,11-15,21-22,27,33H,7,9-10,16-19H2. The van der Waals surface area contributed by atoms with Crippen molar-refractivity contribution in [2.24, 2.45) is 0 Å². The summed E-state index contributed by atoms with van der Waals surface area (Å²) < 4.78 is 5.99. The number of benzene rings is 2. The molecule has 0 saturated carbocycles. The van der Waals surface area contributed by atoms with Gasteiger partial charge in [0.15, 0.2) is 0 Å². The molecule has 3 aromatic rings. The maximum atomic E-state index is 13.4. The highest BCUT2D eigenvalue weighted by atomic mass is 16.6. The molecule has 2 saturated heterocycles. The summed E-state index contributed by atoms with van der Waals surface area (Å²) in [6.45, 7) is 0.334. The number of pyridine rings is 1. The van der Waals surface area contributed by atoms with E-state index in [1.807, 2.05) is 23.1 Å². The predicted octanol–water partition coefficient (Wildman–Crippen LogP) is 5.32. The van der Waals surface area contributed by atoms with Gasteiger partial charge in [0, 0.05) is 36.3 Å². The largest absolute Gasteiger partial charge is 0.448 e. The molecule has 0 spiro atoms. The second-order valence-electron chi connectivity index (χ2n) is 10.1. The number of hydrogen-bond acceptors (Lipinski definition) is 4. The number of rotatable bonds is 4. The van der Waals surface area contributed by atoms with Gasteiger partial charge >= 0.3 is 6.09 Å². The molecule has 1 aliphatic carbocycles. The summed E-state index contributed by atoms with van der Waals surface area (Å²) >= 11 is 0. The first-order chi connectivity index (χ1) is 16.6. The molecule has 1 amide bonds. The van der Waals surface area contributed by atoms with Gasteiger partial charge in [0.2, 0.25) is 0 Å². The molecule has 5 nitrogen and oxygen atoms in total. The Kier molecular flexibility index (Phi) is 5.37. The van der Waals surface area contributed by atoms with E-state index < -0.39 is 5.60 Å². The second kappa shape index (κ2) is 8.55. The summed E-state index contributed by atoms with van der Waals surface area (Å²) in [5.41, 5.74) is 4.98. The van der Waals surface area contributed by atoms with Crippen LogP contribution in [0.3, 0.4) is 0 Å². The number of hydrogen-bond donors (Lipinski definition) is 1. The average molecular weight is 455 g/mol. The normalized spacial score (nSPS) is 25.5. The van der Waals surface area contributed by atoms with Crippen LogP contribution in [-0.2, 0) is 11.2 Å². The minimum absolute atomic E-state index is 0.0110. The SMILES string of the molecule is O=C(OCC1c2ccccc2-c2ccccc21)N1C2CCCC1CC(O)(Cc1ccccn1)C2. The number of ether oxygens (including phenoxy) is 1.